The zero-order chi connectivity index (χ0) is 15.4. The van der Waals surface area contributed by atoms with Crippen LogP contribution in [-0.4, -0.2) is 18.0 Å². The lowest BCUT2D eigenvalue weighted by molar-refractivity contribution is -0.117. The summed E-state index contributed by atoms with van der Waals surface area (Å²) in [6.45, 7) is 1.92. The van der Waals surface area contributed by atoms with Gasteiger partial charge in [0, 0.05) is 15.8 Å². The van der Waals surface area contributed by atoms with E-state index in [1.165, 1.54) is 12.8 Å². The van der Waals surface area contributed by atoms with Crippen LogP contribution < -0.4 is 10.6 Å². The smallest absolute Gasteiger partial charge is 0.241 e. The number of para-hydroxylation sites is 1. The largest absolute Gasteiger partial charge is 0.324 e. The van der Waals surface area contributed by atoms with Gasteiger partial charge in [-0.3, -0.25) is 4.79 Å². The molecule has 1 atom stereocenters. The minimum absolute atomic E-state index is 0. The molecule has 1 amide bonds. The van der Waals surface area contributed by atoms with Crippen molar-refractivity contribution >= 4 is 35.8 Å². The second-order valence-corrected chi connectivity index (χ2v) is 6.68. The number of nitrogens with one attached hydrogen (secondary N) is 2. The van der Waals surface area contributed by atoms with Crippen LogP contribution in [0, 0.1) is 0 Å². The van der Waals surface area contributed by atoms with Crippen LogP contribution in [0.15, 0.2) is 64.4 Å². The monoisotopic (exact) mass is 348 g/mol. The molecule has 1 aliphatic rings. The Morgan fingerprint density at radius 2 is 1.74 bits per heavy atom. The number of hydrogen-bond donors (Lipinski definition) is 2. The molecule has 5 heteroatoms. The maximum Gasteiger partial charge on any atom is 0.241 e. The van der Waals surface area contributed by atoms with Crippen molar-refractivity contribution in [3.8, 4) is 0 Å². The van der Waals surface area contributed by atoms with Crippen LogP contribution in [0.5, 0.6) is 0 Å². The van der Waals surface area contributed by atoms with Gasteiger partial charge in [-0.15, -0.1) is 12.4 Å². The van der Waals surface area contributed by atoms with Crippen molar-refractivity contribution in [1.29, 1.82) is 0 Å². The number of amides is 1. The Labute approximate surface area is 147 Å². The molecule has 1 unspecified atom stereocenters. The van der Waals surface area contributed by atoms with Gasteiger partial charge in [0.15, 0.2) is 0 Å². The van der Waals surface area contributed by atoms with Gasteiger partial charge in [0.05, 0.1) is 11.7 Å². The molecule has 0 spiro atoms. The first-order chi connectivity index (χ1) is 10.7. The summed E-state index contributed by atoms with van der Waals surface area (Å²) in [6.07, 6.45) is 2.36. The minimum Gasteiger partial charge on any atom is -0.324 e. The molecule has 0 aliphatic heterocycles. The molecule has 122 valence electrons. The van der Waals surface area contributed by atoms with E-state index in [9.17, 15) is 4.79 Å². The van der Waals surface area contributed by atoms with Gasteiger partial charge >= 0.3 is 0 Å². The van der Waals surface area contributed by atoms with Gasteiger partial charge in [-0.05, 0) is 44.0 Å². The quantitative estimate of drug-likeness (QED) is 0.816. The Bertz CT molecular complexity index is 646. The van der Waals surface area contributed by atoms with Gasteiger partial charge in [-0.25, -0.2) is 0 Å². The molecule has 0 heterocycles. The lowest BCUT2D eigenvalue weighted by Crippen LogP contribution is -2.39. The van der Waals surface area contributed by atoms with E-state index >= 15 is 0 Å². The molecule has 2 aromatic carbocycles. The predicted molar refractivity (Wildman–Crippen MR) is 98.5 cm³/mol. The molecular formula is C18H21ClN2OS. The maximum absolute atomic E-state index is 12.3. The van der Waals surface area contributed by atoms with Gasteiger partial charge in [-0.1, -0.05) is 42.1 Å². The van der Waals surface area contributed by atoms with Crippen LogP contribution in [0.3, 0.4) is 0 Å². The van der Waals surface area contributed by atoms with Crippen molar-refractivity contribution in [2.45, 2.75) is 41.6 Å². The summed E-state index contributed by atoms with van der Waals surface area (Å²) < 4.78 is 0. The third-order valence-electron chi connectivity index (χ3n) is 3.57. The lowest BCUT2D eigenvalue weighted by Gasteiger charge is -2.15. The Morgan fingerprint density at radius 1 is 1.09 bits per heavy atom. The Morgan fingerprint density at radius 3 is 2.43 bits per heavy atom. The fraction of sp³-hybridized carbons (Fsp3) is 0.278. The van der Waals surface area contributed by atoms with Crippen LogP contribution >= 0.6 is 24.2 Å². The van der Waals surface area contributed by atoms with Crippen LogP contribution in [0.2, 0.25) is 0 Å². The molecule has 0 bridgehead atoms. The molecule has 3 nitrogen and oxygen atoms in total. The van der Waals surface area contributed by atoms with E-state index in [-0.39, 0.29) is 24.4 Å². The van der Waals surface area contributed by atoms with Crippen LogP contribution in [0.25, 0.3) is 0 Å². The van der Waals surface area contributed by atoms with Crippen LogP contribution in [0.4, 0.5) is 5.69 Å². The number of anilines is 1. The second-order valence-electron chi connectivity index (χ2n) is 5.56. The normalized spacial score (nSPS) is 14.7. The third-order valence-corrected chi connectivity index (χ3v) is 4.66. The average Bonchev–Trinajstić information content (AvgIpc) is 3.34. The molecular weight excluding hydrogens is 328 g/mol. The number of benzene rings is 2. The first-order valence-electron chi connectivity index (χ1n) is 7.61. The summed E-state index contributed by atoms with van der Waals surface area (Å²) in [6, 6.07) is 18.5. The molecule has 0 radical (unpaired) electrons. The van der Waals surface area contributed by atoms with Crippen molar-refractivity contribution < 1.29 is 4.79 Å². The van der Waals surface area contributed by atoms with E-state index < -0.39 is 0 Å². The van der Waals surface area contributed by atoms with Crippen molar-refractivity contribution in [3.63, 3.8) is 0 Å². The molecule has 2 N–H and O–H groups in total. The predicted octanol–water partition coefficient (Wildman–Crippen LogP) is 4.34. The van der Waals surface area contributed by atoms with E-state index in [1.54, 1.807) is 11.8 Å². The Hall–Kier alpha value is -1.49. The first-order valence-corrected chi connectivity index (χ1v) is 8.43. The first kappa shape index (κ1) is 17.9. The molecule has 1 saturated carbocycles. The summed E-state index contributed by atoms with van der Waals surface area (Å²) in [7, 11) is 0. The van der Waals surface area contributed by atoms with E-state index in [1.807, 2.05) is 49.4 Å². The van der Waals surface area contributed by atoms with Gasteiger partial charge in [-0.2, -0.15) is 0 Å². The average molecular weight is 349 g/mol. The second kappa shape index (κ2) is 8.39. The minimum atomic E-state index is -0.165. The van der Waals surface area contributed by atoms with Crippen molar-refractivity contribution in [3.05, 3.63) is 54.6 Å². The van der Waals surface area contributed by atoms with E-state index in [4.69, 9.17) is 0 Å². The molecule has 23 heavy (non-hydrogen) atoms. The summed E-state index contributed by atoms with van der Waals surface area (Å²) in [4.78, 5) is 14.5. The molecule has 1 fully saturated rings. The van der Waals surface area contributed by atoms with Crippen molar-refractivity contribution in [2.24, 2.45) is 0 Å². The molecule has 1 aliphatic carbocycles. The number of carbonyl (C=O) groups excluding carboxylic acids is 1. The van der Waals surface area contributed by atoms with E-state index in [0.717, 1.165) is 15.5 Å². The Kier molecular flexibility index (Phi) is 6.51. The highest BCUT2D eigenvalue weighted by molar-refractivity contribution is 7.99. The van der Waals surface area contributed by atoms with Gasteiger partial charge < -0.3 is 10.6 Å². The van der Waals surface area contributed by atoms with Gasteiger partial charge in [0.1, 0.15) is 0 Å². The zero-order valence-electron chi connectivity index (χ0n) is 13.0. The SMILES string of the molecule is CC(NC1CC1)C(=O)Nc1ccccc1Sc1ccccc1.Cl. The number of halogens is 1. The fourth-order valence-corrected chi connectivity index (χ4v) is 3.12. The van der Waals surface area contributed by atoms with Crippen molar-refractivity contribution in [1.82, 2.24) is 5.32 Å². The van der Waals surface area contributed by atoms with Gasteiger partial charge in [0.25, 0.3) is 0 Å². The van der Waals surface area contributed by atoms with Crippen molar-refractivity contribution in [2.75, 3.05) is 5.32 Å². The maximum atomic E-state index is 12.3. The van der Waals surface area contributed by atoms with E-state index in [2.05, 4.69) is 22.8 Å². The Balaban J connectivity index is 0.00000192. The summed E-state index contributed by atoms with van der Waals surface area (Å²) in [5, 5.41) is 6.37. The lowest BCUT2D eigenvalue weighted by atomic mass is 10.2. The number of carbonyl (C=O) groups is 1. The van der Waals surface area contributed by atoms with E-state index in [0.29, 0.717) is 6.04 Å². The van der Waals surface area contributed by atoms with Gasteiger partial charge in [0.2, 0.25) is 5.91 Å². The number of hydrogen-bond acceptors (Lipinski definition) is 3. The zero-order valence-corrected chi connectivity index (χ0v) is 14.6. The number of rotatable bonds is 6. The van der Waals surface area contributed by atoms with Crippen LogP contribution in [-0.2, 0) is 4.79 Å². The highest BCUT2D eigenvalue weighted by atomic mass is 35.5. The highest BCUT2D eigenvalue weighted by Gasteiger charge is 2.25. The highest BCUT2D eigenvalue weighted by Crippen LogP contribution is 2.33. The fourth-order valence-electron chi connectivity index (χ4n) is 2.19. The topological polar surface area (TPSA) is 41.1 Å². The summed E-state index contributed by atoms with van der Waals surface area (Å²) >= 11 is 1.66. The molecule has 2 aromatic rings. The standard InChI is InChI=1S/C18H20N2OS.ClH/c1-13(19-14-11-12-14)18(21)20-16-9-5-6-10-17(16)22-15-7-3-2-4-8-15;/h2-10,13-14,19H,11-12H2,1H3,(H,20,21);1H. The third kappa shape index (κ3) is 5.27. The molecule has 0 aromatic heterocycles. The molecule has 0 saturated heterocycles. The summed E-state index contributed by atoms with van der Waals surface area (Å²) in [5.41, 5.74) is 0.866. The van der Waals surface area contributed by atoms with Crippen LogP contribution in [0.1, 0.15) is 19.8 Å². The molecule has 3 rings (SSSR count). The summed E-state index contributed by atoms with van der Waals surface area (Å²) in [5.74, 6) is 0.0213.